The van der Waals surface area contributed by atoms with E-state index in [4.69, 9.17) is 9.47 Å². The van der Waals surface area contributed by atoms with Crippen LogP contribution in [-0.4, -0.2) is 29.2 Å². The molecule has 3 aromatic rings. The van der Waals surface area contributed by atoms with Gasteiger partial charge in [0.25, 0.3) is 11.5 Å². The van der Waals surface area contributed by atoms with E-state index in [2.05, 4.69) is 10.3 Å². The van der Waals surface area contributed by atoms with Crippen LogP contribution < -0.4 is 20.3 Å². The summed E-state index contributed by atoms with van der Waals surface area (Å²) in [7, 11) is 3.28. The Hall–Kier alpha value is -3.35. The number of nitrogens with zero attached hydrogens (tertiary/aromatic N) is 2. The van der Waals surface area contributed by atoms with Crippen molar-refractivity contribution >= 4 is 16.9 Å². The van der Waals surface area contributed by atoms with E-state index in [1.54, 1.807) is 39.3 Å². The number of carbonyl (C=O) groups is 1. The molecule has 0 aliphatic rings. The summed E-state index contributed by atoms with van der Waals surface area (Å²) < 4.78 is 12.4. The predicted octanol–water partition coefficient (Wildman–Crippen LogP) is 2.58. The molecule has 1 amide bonds. The van der Waals surface area contributed by atoms with Gasteiger partial charge in [-0.15, -0.1) is 0 Å². The molecule has 1 aromatic heterocycles. The molecule has 2 aromatic carbocycles. The van der Waals surface area contributed by atoms with E-state index < -0.39 is 0 Å². The van der Waals surface area contributed by atoms with Crippen LogP contribution in [-0.2, 0) is 13.6 Å². The van der Waals surface area contributed by atoms with E-state index in [0.29, 0.717) is 46.9 Å². The largest absolute Gasteiger partial charge is 0.493 e. The van der Waals surface area contributed by atoms with Crippen molar-refractivity contribution in [1.82, 2.24) is 14.9 Å². The van der Waals surface area contributed by atoms with Crippen molar-refractivity contribution in [2.24, 2.45) is 7.05 Å². The molecule has 0 aliphatic carbocycles. The van der Waals surface area contributed by atoms with Crippen LogP contribution in [0, 0.1) is 6.92 Å². The van der Waals surface area contributed by atoms with Crippen molar-refractivity contribution in [2.75, 3.05) is 13.7 Å². The number of ether oxygens (including phenoxy) is 2. The standard InChI is InChI=1S/C21H23N3O4/c1-5-28-19-10-14(6-9-18(19)27-4)12-22-20(25)15-7-8-17-16(11-15)23-13(2)21(26)24(17)3/h6-11H,5,12H2,1-4H3,(H,22,25). The zero-order valence-electron chi connectivity index (χ0n) is 16.4. The average molecular weight is 381 g/mol. The fourth-order valence-corrected chi connectivity index (χ4v) is 3.00. The molecule has 0 spiro atoms. The number of benzene rings is 2. The Labute approximate surface area is 162 Å². The molecular formula is C21H23N3O4. The summed E-state index contributed by atoms with van der Waals surface area (Å²) in [6.45, 7) is 4.44. The molecular weight excluding hydrogens is 358 g/mol. The minimum Gasteiger partial charge on any atom is -0.493 e. The third-order valence-corrected chi connectivity index (χ3v) is 4.48. The average Bonchev–Trinajstić information content (AvgIpc) is 2.70. The Bertz CT molecular complexity index is 1090. The number of aryl methyl sites for hydroxylation is 2. The van der Waals surface area contributed by atoms with E-state index in [0.717, 1.165) is 5.56 Å². The summed E-state index contributed by atoms with van der Waals surface area (Å²) in [6, 6.07) is 10.7. The fraction of sp³-hybridized carbons (Fsp3) is 0.286. The zero-order chi connectivity index (χ0) is 20.3. The van der Waals surface area contributed by atoms with Crippen molar-refractivity contribution in [3.05, 3.63) is 63.6 Å². The molecule has 0 saturated heterocycles. The Morgan fingerprint density at radius 1 is 1.18 bits per heavy atom. The number of amides is 1. The molecule has 1 N–H and O–H groups in total. The van der Waals surface area contributed by atoms with Gasteiger partial charge in [0.15, 0.2) is 11.5 Å². The summed E-state index contributed by atoms with van der Waals surface area (Å²) in [5.41, 5.74) is 2.92. The molecule has 0 bridgehead atoms. The first-order chi connectivity index (χ1) is 13.4. The smallest absolute Gasteiger partial charge is 0.272 e. The van der Waals surface area contributed by atoms with Gasteiger partial charge in [0.1, 0.15) is 5.69 Å². The number of methoxy groups -OCH3 is 1. The Balaban J connectivity index is 1.79. The van der Waals surface area contributed by atoms with Crippen molar-refractivity contribution in [2.45, 2.75) is 20.4 Å². The van der Waals surface area contributed by atoms with Gasteiger partial charge in [-0.25, -0.2) is 4.98 Å². The van der Waals surface area contributed by atoms with Gasteiger partial charge in [0.2, 0.25) is 0 Å². The van der Waals surface area contributed by atoms with Gasteiger partial charge < -0.3 is 19.4 Å². The zero-order valence-corrected chi connectivity index (χ0v) is 16.4. The lowest BCUT2D eigenvalue weighted by Crippen LogP contribution is -2.24. The van der Waals surface area contributed by atoms with Crippen LogP contribution in [0.3, 0.4) is 0 Å². The molecule has 0 atom stereocenters. The highest BCUT2D eigenvalue weighted by Crippen LogP contribution is 2.28. The number of fused-ring (bicyclic) bond motifs is 1. The maximum Gasteiger partial charge on any atom is 0.272 e. The molecule has 7 heteroatoms. The van der Waals surface area contributed by atoms with Gasteiger partial charge in [-0.2, -0.15) is 0 Å². The van der Waals surface area contributed by atoms with Gasteiger partial charge in [-0.1, -0.05) is 6.07 Å². The Kier molecular flexibility index (Phi) is 5.63. The minimum absolute atomic E-state index is 0.144. The second-order valence-electron chi connectivity index (χ2n) is 6.37. The van der Waals surface area contributed by atoms with Crippen molar-refractivity contribution in [3.8, 4) is 11.5 Å². The molecule has 28 heavy (non-hydrogen) atoms. The van der Waals surface area contributed by atoms with Crippen LogP contribution >= 0.6 is 0 Å². The van der Waals surface area contributed by atoms with Crippen LogP contribution in [0.5, 0.6) is 11.5 Å². The first kappa shape index (κ1) is 19.4. The van der Waals surface area contributed by atoms with E-state index in [1.807, 2.05) is 25.1 Å². The van der Waals surface area contributed by atoms with Crippen LogP contribution in [0.1, 0.15) is 28.5 Å². The second kappa shape index (κ2) is 8.12. The van der Waals surface area contributed by atoms with E-state index >= 15 is 0 Å². The maximum atomic E-state index is 12.6. The van der Waals surface area contributed by atoms with Crippen molar-refractivity contribution < 1.29 is 14.3 Å². The SMILES string of the molecule is CCOc1cc(CNC(=O)c2ccc3c(c2)nc(C)c(=O)n3C)ccc1OC. The van der Waals surface area contributed by atoms with Crippen LogP contribution in [0.4, 0.5) is 0 Å². The Morgan fingerprint density at radius 2 is 1.96 bits per heavy atom. The topological polar surface area (TPSA) is 82.5 Å². The van der Waals surface area contributed by atoms with Crippen molar-refractivity contribution in [1.29, 1.82) is 0 Å². The lowest BCUT2D eigenvalue weighted by Gasteiger charge is -2.12. The van der Waals surface area contributed by atoms with E-state index in [1.165, 1.54) is 4.57 Å². The summed E-state index contributed by atoms with van der Waals surface area (Å²) >= 11 is 0. The molecule has 0 aliphatic heterocycles. The second-order valence-corrected chi connectivity index (χ2v) is 6.37. The van der Waals surface area contributed by atoms with Gasteiger partial charge in [0, 0.05) is 19.2 Å². The van der Waals surface area contributed by atoms with E-state index in [9.17, 15) is 9.59 Å². The lowest BCUT2D eigenvalue weighted by atomic mass is 10.1. The quantitative estimate of drug-likeness (QED) is 0.710. The molecule has 146 valence electrons. The number of aromatic nitrogens is 2. The normalized spacial score (nSPS) is 10.7. The predicted molar refractivity (Wildman–Crippen MR) is 107 cm³/mol. The van der Waals surface area contributed by atoms with Crippen LogP contribution in [0.15, 0.2) is 41.2 Å². The van der Waals surface area contributed by atoms with Gasteiger partial charge >= 0.3 is 0 Å². The van der Waals surface area contributed by atoms with Crippen molar-refractivity contribution in [3.63, 3.8) is 0 Å². The number of carbonyl (C=O) groups excluding carboxylic acids is 1. The molecule has 0 radical (unpaired) electrons. The number of hydrogen-bond donors (Lipinski definition) is 1. The van der Waals surface area contributed by atoms with Gasteiger partial charge in [0.05, 0.1) is 24.8 Å². The Morgan fingerprint density at radius 3 is 2.68 bits per heavy atom. The highest BCUT2D eigenvalue weighted by Gasteiger charge is 2.11. The first-order valence-electron chi connectivity index (χ1n) is 9.00. The fourth-order valence-electron chi connectivity index (χ4n) is 3.00. The van der Waals surface area contributed by atoms with Gasteiger partial charge in [-0.05, 0) is 49.7 Å². The molecule has 0 saturated carbocycles. The summed E-state index contributed by atoms with van der Waals surface area (Å²) in [6.07, 6.45) is 0. The van der Waals surface area contributed by atoms with Gasteiger partial charge in [-0.3, -0.25) is 9.59 Å². The molecule has 7 nitrogen and oxygen atoms in total. The third-order valence-electron chi connectivity index (χ3n) is 4.48. The highest BCUT2D eigenvalue weighted by molar-refractivity contribution is 5.97. The molecule has 1 heterocycles. The molecule has 3 rings (SSSR count). The minimum atomic E-state index is -0.219. The van der Waals surface area contributed by atoms with Crippen LogP contribution in [0.25, 0.3) is 11.0 Å². The molecule has 0 fully saturated rings. The summed E-state index contributed by atoms with van der Waals surface area (Å²) in [5.74, 6) is 1.07. The third kappa shape index (κ3) is 3.83. The van der Waals surface area contributed by atoms with Crippen LogP contribution in [0.2, 0.25) is 0 Å². The lowest BCUT2D eigenvalue weighted by molar-refractivity contribution is 0.0951. The number of hydrogen-bond acceptors (Lipinski definition) is 5. The number of rotatable bonds is 6. The maximum absolute atomic E-state index is 12.6. The molecule has 0 unspecified atom stereocenters. The summed E-state index contributed by atoms with van der Waals surface area (Å²) in [5, 5.41) is 2.90. The number of nitrogens with one attached hydrogen (secondary N) is 1. The summed E-state index contributed by atoms with van der Waals surface area (Å²) in [4.78, 5) is 28.9. The highest BCUT2D eigenvalue weighted by atomic mass is 16.5. The van der Waals surface area contributed by atoms with E-state index in [-0.39, 0.29) is 11.5 Å². The monoisotopic (exact) mass is 381 g/mol. The first-order valence-corrected chi connectivity index (χ1v) is 9.00.